The van der Waals surface area contributed by atoms with E-state index in [4.69, 9.17) is 10.5 Å². The highest BCUT2D eigenvalue weighted by Crippen LogP contribution is 2.23. The summed E-state index contributed by atoms with van der Waals surface area (Å²) in [7, 11) is 0. The summed E-state index contributed by atoms with van der Waals surface area (Å²) in [6, 6.07) is 0. The minimum atomic E-state index is 0.372. The van der Waals surface area contributed by atoms with Gasteiger partial charge in [-0.1, -0.05) is 11.6 Å². The van der Waals surface area contributed by atoms with Gasteiger partial charge >= 0.3 is 0 Å². The third kappa shape index (κ3) is 2.64. The van der Waals surface area contributed by atoms with E-state index in [0.717, 1.165) is 12.8 Å². The number of rotatable bonds is 1. The first kappa shape index (κ1) is 8.75. The van der Waals surface area contributed by atoms with Gasteiger partial charge in [-0.05, 0) is 26.7 Å². The van der Waals surface area contributed by atoms with Crippen LogP contribution in [0.3, 0.4) is 0 Å². The average Bonchev–Trinajstić information content (AvgIpc) is 1.85. The maximum Gasteiger partial charge on any atom is 0.0587 e. The lowest BCUT2D eigenvalue weighted by atomic mass is 9.99. The van der Waals surface area contributed by atoms with E-state index in [-0.39, 0.29) is 0 Å². The number of nitrogens with two attached hydrogens (primary N) is 1. The highest BCUT2D eigenvalue weighted by Gasteiger charge is 2.18. The molecule has 0 saturated carbocycles. The van der Waals surface area contributed by atoms with Crippen LogP contribution in [0.25, 0.3) is 0 Å². The van der Waals surface area contributed by atoms with Crippen molar-refractivity contribution in [2.45, 2.75) is 38.9 Å². The smallest absolute Gasteiger partial charge is 0.0587 e. The van der Waals surface area contributed by atoms with Gasteiger partial charge in [0.15, 0.2) is 0 Å². The Bertz CT molecular complexity index is 142. The highest BCUT2D eigenvalue weighted by molar-refractivity contribution is 5.07. The molecule has 2 unspecified atom stereocenters. The maximum absolute atomic E-state index is 5.58. The molecule has 0 amide bonds. The first-order valence-electron chi connectivity index (χ1n) is 4.25. The predicted octanol–water partition coefficient (Wildman–Crippen LogP) is 1.46. The quantitative estimate of drug-likeness (QED) is 0.582. The summed E-state index contributed by atoms with van der Waals surface area (Å²) in [5.41, 5.74) is 6.89. The van der Waals surface area contributed by atoms with Gasteiger partial charge in [0.2, 0.25) is 0 Å². The molecule has 0 radical (unpaired) electrons. The number of hydrogen-bond acceptors (Lipinski definition) is 2. The average molecular weight is 155 g/mol. The van der Waals surface area contributed by atoms with Gasteiger partial charge in [-0.3, -0.25) is 0 Å². The van der Waals surface area contributed by atoms with Gasteiger partial charge < -0.3 is 10.5 Å². The molecule has 2 nitrogen and oxygen atoms in total. The normalized spacial score (nSPS) is 32.1. The summed E-state index contributed by atoms with van der Waals surface area (Å²) in [6.45, 7) is 4.88. The van der Waals surface area contributed by atoms with E-state index in [0.29, 0.717) is 18.8 Å². The summed E-state index contributed by atoms with van der Waals surface area (Å²) < 4.78 is 5.58. The zero-order chi connectivity index (χ0) is 8.27. The molecule has 2 heteroatoms. The van der Waals surface area contributed by atoms with Crippen molar-refractivity contribution in [2.75, 3.05) is 6.54 Å². The molecule has 1 saturated heterocycles. The molecule has 0 aromatic rings. The molecule has 2 atom stereocenters. The maximum atomic E-state index is 5.58. The lowest BCUT2D eigenvalue weighted by molar-refractivity contribution is -0.0104. The van der Waals surface area contributed by atoms with E-state index in [2.05, 4.69) is 19.9 Å². The topological polar surface area (TPSA) is 35.2 Å². The summed E-state index contributed by atoms with van der Waals surface area (Å²) in [6.07, 6.45) is 4.98. The molecule has 2 N–H and O–H groups in total. The molecule has 0 aliphatic carbocycles. The monoisotopic (exact) mass is 155 g/mol. The molecule has 11 heavy (non-hydrogen) atoms. The zero-order valence-electron chi connectivity index (χ0n) is 7.34. The largest absolute Gasteiger partial charge is 0.375 e. The van der Waals surface area contributed by atoms with Crippen LogP contribution in [0, 0.1) is 0 Å². The van der Waals surface area contributed by atoms with Crippen LogP contribution in [0.4, 0.5) is 0 Å². The Hall–Kier alpha value is -0.340. The summed E-state index contributed by atoms with van der Waals surface area (Å²) >= 11 is 0. The van der Waals surface area contributed by atoms with Gasteiger partial charge in [-0.2, -0.15) is 0 Å². The Kier molecular flexibility index (Phi) is 3.09. The summed E-state index contributed by atoms with van der Waals surface area (Å²) in [5.74, 6) is 0. The van der Waals surface area contributed by atoms with Crippen molar-refractivity contribution in [2.24, 2.45) is 5.73 Å². The van der Waals surface area contributed by atoms with E-state index < -0.39 is 0 Å². The van der Waals surface area contributed by atoms with Crippen LogP contribution in [-0.2, 0) is 4.74 Å². The van der Waals surface area contributed by atoms with Crippen LogP contribution in [0.1, 0.15) is 26.7 Å². The van der Waals surface area contributed by atoms with Crippen LogP contribution in [0.5, 0.6) is 0 Å². The van der Waals surface area contributed by atoms with Gasteiger partial charge in [-0.25, -0.2) is 0 Å². The second-order valence-corrected chi connectivity index (χ2v) is 3.26. The Morgan fingerprint density at radius 2 is 2.00 bits per heavy atom. The number of hydrogen-bond donors (Lipinski definition) is 1. The fourth-order valence-electron chi connectivity index (χ4n) is 1.65. The van der Waals surface area contributed by atoms with Gasteiger partial charge in [0, 0.05) is 6.54 Å². The first-order valence-corrected chi connectivity index (χ1v) is 4.25. The minimum Gasteiger partial charge on any atom is -0.375 e. The van der Waals surface area contributed by atoms with Crippen LogP contribution in [-0.4, -0.2) is 18.8 Å². The lowest BCUT2D eigenvalue weighted by Gasteiger charge is -2.27. The molecule has 1 aliphatic rings. The van der Waals surface area contributed by atoms with Crippen LogP contribution < -0.4 is 5.73 Å². The van der Waals surface area contributed by atoms with Crippen molar-refractivity contribution in [3.8, 4) is 0 Å². The molecule has 0 spiro atoms. The van der Waals surface area contributed by atoms with E-state index >= 15 is 0 Å². The standard InChI is InChI=1S/C9H17NO/c1-7-5-9(3-4-10)6-8(2)11-7/h3,7-8H,4-6,10H2,1-2H3. The second kappa shape index (κ2) is 3.88. The highest BCUT2D eigenvalue weighted by atomic mass is 16.5. The third-order valence-electron chi connectivity index (χ3n) is 1.97. The van der Waals surface area contributed by atoms with Crippen molar-refractivity contribution >= 4 is 0 Å². The molecule has 1 rings (SSSR count). The van der Waals surface area contributed by atoms with Crippen molar-refractivity contribution in [3.05, 3.63) is 11.6 Å². The fraction of sp³-hybridized carbons (Fsp3) is 0.778. The van der Waals surface area contributed by atoms with Crippen molar-refractivity contribution < 1.29 is 4.74 Å². The molecule has 64 valence electrons. The van der Waals surface area contributed by atoms with Gasteiger partial charge in [0.25, 0.3) is 0 Å². The minimum absolute atomic E-state index is 0.372. The van der Waals surface area contributed by atoms with Gasteiger partial charge in [0.1, 0.15) is 0 Å². The molecule has 0 bridgehead atoms. The van der Waals surface area contributed by atoms with E-state index in [9.17, 15) is 0 Å². The van der Waals surface area contributed by atoms with Crippen molar-refractivity contribution in [1.82, 2.24) is 0 Å². The van der Waals surface area contributed by atoms with Gasteiger partial charge in [-0.15, -0.1) is 0 Å². The van der Waals surface area contributed by atoms with E-state index in [1.165, 1.54) is 5.57 Å². The third-order valence-corrected chi connectivity index (χ3v) is 1.97. The Morgan fingerprint density at radius 1 is 1.45 bits per heavy atom. The fourth-order valence-corrected chi connectivity index (χ4v) is 1.65. The molecule has 1 aliphatic heterocycles. The van der Waals surface area contributed by atoms with Crippen molar-refractivity contribution in [3.63, 3.8) is 0 Å². The first-order chi connectivity index (χ1) is 5.22. The molecule has 0 aromatic carbocycles. The molecule has 1 heterocycles. The van der Waals surface area contributed by atoms with Crippen LogP contribution in [0.2, 0.25) is 0 Å². The predicted molar refractivity (Wildman–Crippen MR) is 46.4 cm³/mol. The van der Waals surface area contributed by atoms with Crippen LogP contribution in [0.15, 0.2) is 11.6 Å². The number of ether oxygens (including phenoxy) is 1. The molecule has 0 aromatic heterocycles. The molecular formula is C9H17NO. The summed E-state index contributed by atoms with van der Waals surface area (Å²) in [5, 5.41) is 0. The Labute approximate surface area is 68.4 Å². The van der Waals surface area contributed by atoms with E-state index in [1.807, 2.05) is 0 Å². The van der Waals surface area contributed by atoms with E-state index in [1.54, 1.807) is 0 Å². The zero-order valence-corrected chi connectivity index (χ0v) is 7.34. The SMILES string of the molecule is CC1CC(=CCN)CC(C)O1. The van der Waals surface area contributed by atoms with Crippen LogP contribution >= 0.6 is 0 Å². The lowest BCUT2D eigenvalue weighted by Crippen LogP contribution is -2.24. The van der Waals surface area contributed by atoms with Gasteiger partial charge in [0.05, 0.1) is 12.2 Å². The molecular weight excluding hydrogens is 138 g/mol. The Balaban J connectivity index is 2.49. The second-order valence-electron chi connectivity index (χ2n) is 3.26. The summed E-state index contributed by atoms with van der Waals surface area (Å²) in [4.78, 5) is 0. The Morgan fingerprint density at radius 3 is 2.45 bits per heavy atom. The van der Waals surface area contributed by atoms with Crippen molar-refractivity contribution in [1.29, 1.82) is 0 Å². The molecule has 1 fully saturated rings.